The predicted molar refractivity (Wildman–Crippen MR) is 131 cm³/mol. The summed E-state index contributed by atoms with van der Waals surface area (Å²) < 4.78 is 18.7. The van der Waals surface area contributed by atoms with Crippen molar-refractivity contribution in [2.24, 2.45) is 0 Å². The monoisotopic (exact) mass is 479 g/mol. The van der Waals surface area contributed by atoms with Gasteiger partial charge in [0.1, 0.15) is 23.9 Å². The Hall–Kier alpha value is -3.71. The average molecular weight is 480 g/mol. The first-order chi connectivity index (χ1) is 16.3. The molecular formula is C26H26ClN3O4. The van der Waals surface area contributed by atoms with Gasteiger partial charge < -0.3 is 19.2 Å². The van der Waals surface area contributed by atoms with Crippen molar-refractivity contribution < 1.29 is 18.7 Å². The molecule has 0 spiro atoms. The van der Waals surface area contributed by atoms with Crippen molar-refractivity contribution in [1.82, 2.24) is 9.78 Å². The topological polar surface area (TPSA) is 78.5 Å². The van der Waals surface area contributed by atoms with E-state index in [2.05, 4.69) is 10.4 Å². The van der Waals surface area contributed by atoms with Gasteiger partial charge in [-0.25, -0.2) is 0 Å². The molecule has 2 aromatic carbocycles. The number of halogens is 1. The first kappa shape index (κ1) is 23.4. The van der Waals surface area contributed by atoms with Crippen LogP contribution in [0.1, 0.15) is 38.8 Å². The third kappa shape index (κ3) is 5.26. The normalized spacial score (nSPS) is 10.9. The van der Waals surface area contributed by atoms with Crippen molar-refractivity contribution in [1.29, 1.82) is 0 Å². The number of benzene rings is 2. The largest absolute Gasteiger partial charge is 0.497 e. The van der Waals surface area contributed by atoms with Gasteiger partial charge in [0, 0.05) is 5.02 Å². The van der Waals surface area contributed by atoms with Crippen molar-refractivity contribution in [3.8, 4) is 11.5 Å². The third-order valence-electron chi connectivity index (χ3n) is 5.48. The smallest absolute Gasteiger partial charge is 0.291 e. The lowest BCUT2D eigenvalue weighted by Gasteiger charge is -2.08. The number of rotatable bonds is 8. The Morgan fingerprint density at radius 1 is 1.12 bits per heavy atom. The maximum Gasteiger partial charge on any atom is 0.291 e. The summed E-state index contributed by atoms with van der Waals surface area (Å²) in [6, 6.07) is 16.6. The van der Waals surface area contributed by atoms with E-state index in [4.69, 9.17) is 25.5 Å². The molecule has 0 atom stereocenters. The minimum Gasteiger partial charge on any atom is -0.497 e. The van der Waals surface area contributed by atoms with Crippen LogP contribution in [0, 0.1) is 20.8 Å². The zero-order chi connectivity index (χ0) is 24.2. The van der Waals surface area contributed by atoms with Gasteiger partial charge in [0.2, 0.25) is 0 Å². The summed E-state index contributed by atoms with van der Waals surface area (Å²) in [5.41, 5.74) is 4.21. The van der Waals surface area contributed by atoms with Crippen LogP contribution < -0.4 is 14.8 Å². The zero-order valence-electron chi connectivity index (χ0n) is 19.5. The Kier molecular flexibility index (Phi) is 6.93. The standard InChI is InChI=1S/C26H26ClN3O4/c1-16-12-20(27)8-10-23(16)33-15-22-9-11-24(34-22)26(31)28-25-17(2)29-30(18(25)3)14-19-6-5-7-21(13-19)32-4/h5-13H,14-15H2,1-4H3,(H,28,31). The second-order valence-corrected chi connectivity index (χ2v) is 8.41. The van der Waals surface area contributed by atoms with Gasteiger partial charge in [-0.2, -0.15) is 5.10 Å². The van der Waals surface area contributed by atoms with Crippen molar-refractivity contribution in [2.45, 2.75) is 33.9 Å². The van der Waals surface area contributed by atoms with E-state index in [9.17, 15) is 4.79 Å². The van der Waals surface area contributed by atoms with Crippen molar-refractivity contribution in [2.75, 3.05) is 12.4 Å². The van der Waals surface area contributed by atoms with E-state index in [1.165, 1.54) is 0 Å². The number of amides is 1. The number of nitrogens with one attached hydrogen (secondary N) is 1. The van der Waals surface area contributed by atoms with Crippen molar-refractivity contribution >= 4 is 23.2 Å². The number of methoxy groups -OCH3 is 1. The fraction of sp³-hybridized carbons (Fsp3) is 0.231. The molecule has 0 saturated carbocycles. The number of aryl methyl sites for hydroxylation is 2. The number of anilines is 1. The summed E-state index contributed by atoms with van der Waals surface area (Å²) in [5, 5.41) is 8.17. The highest BCUT2D eigenvalue weighted by molar-refractivity contribution is 6.30. The fourth-order valence-electron chi connectivity index (χ4n) is 3.65. The first-order valence-electron chi connectivity index (χ1n) is 10.8. The van der Waals surface area contributed by atoms with Gasteiger partial charge in [-0.3, -0.25) is 9.48 Å². The van der Waals surface area contributed by atoms with E-state index in [0.717, 1.165) is 28.3 Å². The zero-order valence-corrected chi connectivity index (χ0v) is 20.3. The van der Waals surface area contributed by atoms with Crippen LogP contribution in [0.4, 0.5) is 5.69 Å². The van der Waals surface area contributed by atoms with Gasteiger partial charge in [-0.05, 0) is 74.4 Å². The number of carbonyl (C=O) groups is 1. The van der Waals surface area contributed by atoms with Crippen molar-refractivity contribution in [3.63, 3.8) is 0 Å². The van der Waals surface area contributed by atoms with Crippen LogP contribution in [-0.4, -0.2) is 22.8 Å². The Morgan fingerprint density at radius 2 is 1.94 bits per heavy atom. The number of ether oxygens (including phenoxy) is 2. The molecule has 2 aromatic heterocycles. The van der Waals surface area contributed by atoms with E-state index >= 15 is 0 Å². The van der Waals surface area contributed by atoms with Crippen molar-refractivity contribution in [3.05, 3.63) is 93.7 Å². The van der Waals surface area contributed by atoms with Crippen LogP contribution in [0.5, 0.6) is 11.5 Å². The second kappa shape index (κ2) is 10.1. The molecule has 0 bridgehead atoms. The molecule has 8 heteroatoms. The fourth-order valence-corrected chi connectivity index (χ4v) is 3.88. The van der Waals surface area contributed by atoms with Gasteiger partial charge >= 0.3 is 0 Å². The summed E-state index contributed by atoms with van der Waals surface area (Å²) in [4.78, 5) is 12.8. The Balaban J connectivity index is 1.42. The van der Waals surface area contributed by atoms with Gasteiger partial charge in [0.25, 0.3) is 5.91 Å². The molecule has 0 fully saturated rings. The summed E-state index contributed by atoms with van der Waals surface area (Å²) in [7, 11) is 1.64. The quantitative estimate of drug-likeness (QED) is 0.338. The first-order valence-corrected chi connectivity index (χ1v) is 11.2. The Labute approximate surface area is 203 Å². The SMILES string of the molecule is COc1cccc(Cn2nc(C)c(NC(=O)c3ccc(COc4ccc(Cl)cc4C)o3)c2C)c1. The number of furan rings is 1. The Morgan fingerprint density at radius 3 is 2.71 bits per heavy atom. The van der Waals surface area contributed by atoms with Gasteiger partial charge in [-0.15, -0.1) is 0 Å². The van der Waals surface area contributed by atoms with Crippen LogP contribution >= 0.6 is 11.6 Å². The highest BCUT2D eigenvalue weighted by Gasteiger charge is 2.18. The molecule has 2 heterocycles. The highest BCUT2D eigenvalue weighted by atomic mass is 35.5. The molecule has 0 aliphatic heterocycles. The molecular weight excluding hydrogens is 454 g/mol. The molecule has 0 radical (unpaired) electrons. The van der Waals surface area contributed by atoms with E-state index in [0.29, 0.717) is 28.8 Å². The summed E-state index contributed by atoms with van der Waals surface area (Å²) in [6.45, 7) is 6.46. The number of nitrogens with zero attached hydrogens (tertiary/aromatic N) is 2. The van der Waals surface area contributed by atoms with E-state index in [1.807, 2.05) is 61.9 Å². The second-order valence-electron chi connectivity index (χ2n) is 7.97. The highest BCUT2D eigenvalue weighted by Crippen LogP contribution is 2.25. The molecule has 0 unspecified atom stereocenters. The number of hydrogen-bond acceptors (Lipinski definition) is 5. The molecule has 4 rings (SSSR count). The predicted octanol–water partition coefficient (Wildman–Crippen LogP) is 5.94. The lowest BCUT2D eigenvalue weighted by molar-refractivity contribution is 0.0992. The van der Waals surface area contributed by atoms with Crippen LogP contribution in [0.2, 0.25) is 5.02 Å². The molecule has 176 valence electrons. The third-order valence-corrected chi connectivity index (χ3v) is 5.71. The molecule has 7 nitrogen and oxygen atoms in total. The van der Waals surface area contributed by atoms with Crippen LogP contribution in [0.3, 0.4) is 0 Å². The van der Waals surface area contributed by atoms with Gasteiger partial charge in [-0.1, -0.05) is 23.7 Å². The maximum atomic E-state index is 12.8. The molecule has 0 aliphatic carbocycles. The molecule has 0 aliphatic rings. The molecule has 34 heavy (non-hydrogen) atoms. The number of aromatic nitrogens is 2. The lowest BCUT2D eigenvalue weighted by Crippen LogP contribution is -2.12. The summed E-state index contributed by atoms with van der Waals surface area (Å²) >= 11 is 5.99. The summed E-state index contributed by atoms with van der Waals surface area (Å²) in [5.74, 6) is 1.89. The minimum absolute atomic E-state index is 0.200. The van der Waals surface area contributed by atoms with E-state index in [1.54, 1.807) is 25.3 Å². The lowest BCUT2D eigenvalue weighted by atomic mass is 10.2. The Bertz CT molecular complexity index is 1330. The minimum atomic E-state index is -0.346. The maximum absolute atomic E-state index is 12.8. The molecule has 4 aromatic rings. The van der Waals surface area contributed by atoms with Gasteiger partial charge in [0.15, 0.2) is 5.76 Å². The molecule has 1 N–H and O–H groups in total. The number of hydrogen-bond donors (Lipinski definition) is 1. The van der Waals surface area contributed by atoms with E-state index in [-0.39, 0.29) is 18.3 Å². The van der Waals surface area contributed by atoms with E-state index < -0.39 is 0 Å². The van der Waals surface area contributed by atoms with Crippen LogP contribution in [-0.2, 0) is 13.2 Å². The van der Waals surface area contributed by atoms with Gasteiger partial charge in [0.05, 0.1) is 30.7 Å². The average Bonchev–Trinajstić information content (AvgIpc) is 3.39. The van der Waals surface area contributed by atoms with Crippen LogP contribution in [0.25, 0.3) is 0 Å². The molecule has 1 amide bonds. The molecule has 0 saturated heterocycles. The van der Waals surface area contributed by atoms with Crippen LogP contribution in [0.15, 0.2) is 59.0 Å². The number of carbonyl (C=O) groups excluding carboxylic acids is 1. The summed E-state index contributed by atoms with van der Waals surface area (Å²) in [6.07, 6.45) is 0.